The Labute approximate surface area is 168 Å². The van der Waals surface area contributed by atoms with Gasteiger partial charge in [-0.2, -0.15) is 0 Å². The molecule has 0 N–H and O–H groups in total. The van der Waals surface area contributed by atoms with E-state index in [1.165, 1.54) is 6.42 Å². The van der Waals surface area contributed by atoms with Gasteiger partial charge < -0.3 is 9.64 Å². The molecule has 0 spiro atoms. The first kappa shape index (κ1) is 20.4. The van der Waals surface area contributed by atoms with Crippen LogP contribution in [0.1, 0.15) is 33.1 Å². The van der Waals surface area contributed by atoms with Gasteiger partial charge in [-0.05, 0) is 57.4 Å². The number of likely N-dealkylation sites (tertiary alicyclic amines) is 1. The van der Waals surface area contributed by atoms with Gasteiger partial charge in [0.05, 0.1) is 6.54 Å². The summed E-state index contributed by atoms with van der Waals surface area (Å²) in [5, 5.41) is 0.723. The maximum absolute atomic E-state index is 12.8. The summed E-state index contributed by atoms with van der Waals surface area (Å²) in [6.07, 6.45) is 3.51. The first-order chi connectivity index (χ1) is 13.0. The largest absolute Gasteiger partial charge is 0.492 e. The second-order valence-electron chi connectivity index (χ2n) is 7.85. The Hall–Kier alpha value is -1.30. The van der Waals surface area contributed by atoms with Crippen LogP contribution < -0.4 is 4.74 Å². The highest BCUT2D eigenvalue weighted by Crippen LogP contribution is 2.23. The molecule has 2 heterocycles. The molecule has 1 aromatic carbocycles. The van der Waals surface area contributed by atoms with Gasteiger partial charge in [-0.3, -0.25) is 14.6 Å². The predicted octanol–water partition coefficient (Wildman–Crippen LogP) is 3.13. The van der Waals surface area contributed by atoms with E-state index in [1.807, 2.05) is 24.3 Å². The topological polar surface area (TPSA) is 36.0 Å². The fourth-order valence-corrected chi connectivity index (χ4v) is 4.31. The van der Waals surface area contributed by atoms with Crippen molar-refractivity contribution in [2.75, 3.05) is 45.9 Å². The number of piperazine rings is 1. The van der Waals surface area contributed by atoms with Crippen molar-refractivity contribution in [3.63, 3.8) is 0 Å². The van der Waals surface area contributed by atoms with Crippen LogP contribution in [0.25, 0.3) is 0 Å². The minimum atomic E-state index is 0.300. The van der Waals surface area contributed by atoms with Crippen molar-refractivity contribution in [1.82, 2.24) is 14.7 Å². The maximum atomic E-state index is 12.8. The first-order valence-corrected chi connectivity index (χ1v) is 10.5. The number of carbonyl (C=O) groups is 1. The van der Waals surface area contributed by atoms with Crippen LogP contribution >= 0.6 is 11.6 Å². The zero-order valence-corrected chi connectivity index (χ0v) is 17.3. The number of rotatable bonds is 6. The summed E-state index contributed by atoms with van der Waals surface area (Å²) in [6, 6.07) is 8.25. The summed E-state index contributed by atoms with van der Waals surface area (Å²) in [7, 11) is 0. The molecule has 0 aliphatic carbocycles. The molecule has 0 saturated carbocycles. The monoisotopic (exact) mass is 393 g/mol. The van der Waals surface area contributed by atoms with Crippen molar-refractivity contribution in [2.24, 2.45) is 0 Å². The second-order valence-corrected chi connectivity index (χ2v) is 8.29. The summed E-state index contributed by atoms with van der Waals surface area (Å²) >= 11 is 5.89. The molecule has 3 rings (SSSR count). The number of piperidine rings is 1. The van der Waals surface area contributed by atoms with Crippen molar-refractivity contribution >= 4 is 17.5 Å². The molecule has 2 unspecified atom stereocenters. The van der Waals surface area contributed by atoms with Gasteiger partial charge in [0.1, 0.15) is 12.4 Å². The molecule has 0 bridgehead atoms. The van der Waals surface area contributed by atoms with Crippen LogP contribution in [0.2, 0.25) is 5.02 Å². The van der Waals surface area contributed by atoms with Gasteiger partial charge >= 0.3 is 0 Å². The van der Waals surface area contributed by atoms with Crippen LogP contribution in [0.5, 0.6) is 5.75 Å². The number of halogens is 1. The molecular formula is C21H32ClN3O2. The number of ether oxygens (including phenoxy) is 1. The highest BCUT2D eigenvalue weighted by molar-refractivity contribution is 6.30. The molecular weight excluding hydrogens is 362 g/mol. The zero-order chi connectivity index (χ0) is 19.2. The number of hydrogen-bond acceptors (Lipinski definition) is 4. The Balaban J connectivity index is 1.36. The second kappa shape index (κ2) is 9.76. The third-order valence-electron chi connectivity index (χ3n) is 5.80. The van der Waals surface area contributed by atoms with Gasteiger partial charge in [0, 0.05) is 49.8 Å². The minimum Gasteiger partial charge on any atom is -0.492 e. The Morgan fingerprint density at radius 1 is 1.04 bits per heavy atom. The molecule has 1 amide bonds. The molecule has 2 aliphatic rings. The van der Waals surface area contributed by atoms with E-state index in [9.17, 15) is 4.79 Å². The molecule has 2 atom stereocenters. The van der Waals surface area contributed by atoms with Gasteiger partial charge in [0.25, 0.3) is 0 Å². The molecule has 2 saturated heterocycles. The van der Waals surface area contributed by atoms with E-state index in [2.05, 4.69) is 28.5 Å². The van der Waals surface area contributed by atoms with Crippen LogP contribution in [0.15, 0.2) is 24.3 Å². The Morgan fingerprint density at radius 3 is 2.26 bits per heavy atom. The summed E-state index contributed by atoms with van der Waals surface area (Å²) in [5.74, 6) is 1.16. The summed E-state index contributed by atoms with van der Waals surface area (Å²) in [6.45, 7) is 10.4. The first-order valence-electron chi connectivity index (χ1n) is 10.2. The van der Waals surface area contributed by atoms with E-state index in [0.717, 1.165) is 56.3 Å². The lowest BCUT2D eigenvalue weighted by Crippen LogP contribution is -2.54. The van der Waals surface area contributed by atoms with Gasteiger partial charge in [0.2, 0.25) is 5.91 Å². The third-order valence-corrected chi connectivity index (χ3v) is 6.05. The molecule has 0 aromatic heterocycles. The molecule has 0 radical (unpaired) electrons. The number of nitrogens with zero attached hydrogens (tertiary/aromatic N) is 3. The van der Waals surface area contributed by atoms with Gasteiger partial charge in [0.15, 0.2) is 0 Å². The smallest absolute Gasteiger partial charge is 0.237 e. The van der Waals surface area contributed by atoms with Crippen molar-refractivity contribution in [3.05, 3.63) is 29.3 Å². The van der Waals surface area contributed by atoms with Crippen molar-refractivity contribution in [2.45, 2.75) is 45.2 Å². The Bertz CT molecular complexity index is 592. The molecule has 2 aliphatic heterocycles. The number of benzene rings is 1. The summed E-state index contributed by atoms with van der Waals surface area (Å²) < 4.78 is 5.78. The van der Waals surface area contributed by atoms with Crippen LogP contribution in [-0.2, 0) is 4.79 Å². The average Bonchev–Trinajstić information content (AvgIpc) is 2.65. The van der Waals surface area contributed by atoms with Crippen molar-refractivity contribution in [1.29, 1.82) is 0 Å². The lowest BCUT2D eigenvalue weighted by Gasteiger charge is -2.41. The number of amides is 1. The van der Waals surface area contributed by atoms with Crippen molar-refractivity contribution < 1.29 is 9.53 Å². The van der Waals surface area contributed by atoms with Gasteiger partial charge in [-0.15, -0.1) is 0 Å². The third kappa shape index (κ3) is 5.84. The van der Waals surface area contributed by atoms with Gasteiger partial charge in [-0.25, -0.2) is 0 Å². The fraction of sp³-hybridized carbons (Fsp3) is 0.667. The zero-order valence-electron chi connectivity index (χ0n) is 16.6. The highest BCUT2D eigenvalue weighted by atomic mass is 35.5. The van der Waals surface area contributed by atoms with E-state index in [1.54, 1.807) is 0 Å². The van der Waals surface area contributed by atoms with Crippen LogP contribution in [0.4, 0.5) is 0 Å². The standard InChI is InChI=1S/C21H32ClN3O2/c1-17-4-3-5-18(2)25(17)21(26)16-24-12-10-23(11-13-24)14-15-27-20-8-6-19(22)7-9-20/h6-9,17-18H,3-5,10-16H2,1-2H3. The van der Waals surface area contributed by atoms with Crippen LogP contribution in [-0.4, -0.2) is 78.6 Å². The van der Waals surface area contributed by atoms with Gasteiger partial charge in [-0.1, -0.05) is 11.6 Å². The highest BCUT2D eigenvalue weighted by Gasteiger charge is 2.30. The lowest BCUT2D eigenvalue weighted by atomic mass is 9.97. The number of carbonyl (C=O) groups excluding carboxylic acids is 1. The molecule has 27 heavy (non-hydrogen) atoms. The fourth-order valence-electron chi connectivity index (χ4n) is 4.18. The van der Waals surface area contributed by atoms with E-state index < -0.39 is 0 Å². The number of hydrogen-bond donors (Lipinski definition) is 0. The Morgan fingerprint density at radius 2 is 1.63 bits per heavy atom. The molecule has 150 valence electrons. The van der Waals surface area contributed by atoms with E-state index in [4.69, 9.17) is 16.3 Å². The quantitative estimate of drug-likeness (QED) is 0.744. The predicted molar refractivity (Wildman–Crippen MR) is 109 cm³/mol. The average molecular weight is 394 g/mol. The van der Waals surface area contributed by atoms with Crippen LogP contribution in [0.3, 0.4) is 0 Å². The van der Waals surface area contributed by atoms with E-state index in [0.29, 0.717) is 31.1 Å². The van der Waals surface area contributed by atoms with E-state index in [-0.39, 0.29) is 0 Å². The molecule has 2 fully saturated rings. The summed E-state index contributed by atoms with van der Waals surface area (Å²) in [4.78, 5) is 19.6. The normalized spacial score (nSPS) is 24.8. The molecule has 1 aromatic rings. The SMILES string of the molecule is CC1CCCC(C)N1C(=O)CN1CCN(CCOc2ccc(Cl)cc2)CC1. The lowest BCUT2D eigenvalue weighted by molar-refractivity contribution is -0.139. The maximum Gasteiger partial charge on any atom is 0.237 e. The summed E-state index contributed by atoms with van der Waals surface area (Å²) in [5.41, 5.74) is 0. The molecule has 5 nitrogen and oxygen atoms in total. The molecule has 6 heteroatoms. The van der Waals surface area contributed by atoms with Crippen LogP contribution in [0, 0.1) is 0 Å². The van der Waals surface area contributed by atoms with Crippen molar-refractivity contribution in [3.8, 4) is 5.75 Å². The van der Waals surface area contributed by atoms with E-state index >= 15 is 0 Å². The Kier molecular flexibility index (Phi) is 7.39. The minimum absolute atomic E-state index is 0.300.